The molecule has 1 heterocycles. The average molecular weight is 312 g/mol. The second-order valence-corrected chi connectivity index (χ2v) is 4.57. The highest BCUT2D eigenvalue weighted by molar-refractivity contribution is 9.10. The van der Waals surface area contributed by atoms with Crippen LogP contribution in [0.4, 0.5) is 4.79 Å². The topological polar surface area (TPSA) is 82.5 Å². The molecule has 1 aromatic carbocycles. The van der Waals surface area contributed by atoms with Gasteiger partial charge in [-0.3, -0.25) is 0 Å². The minimum absolute atomic E-state index is 0.0577. The largest absolute Gasteiger partial charge is 0.449 e. The zero-order valence-corrected chi connectivity index (χ0v) is 10.9. The van der Waals surface area contributed by atoms with E-state index in [-0.39, 0.29) is 13.0 Å². The van der Waals surface area contributed by atoms with Gasteiger partial charge in [-0.05, 0) is 18.2 Å². The number of carbonyl (C=O) groups excluding carboxylic acids is 1. The van der Waals surface area contributed by atoms with Gasteiger partial charge in [0.25, 0.3) is 0 Å². The van der Waals surface area contributed by atoms with Gasteiger partial charge in [-0.25, -0.2) is 9.59 Å². The lowest BCUT2D eigenvalue weighted by Crippen LogP contribution is -2.17. The highest BCUT2D eigenvalue weighted by Crippen LogP contribution is 2.19. The van der Waals surface area contributed by atoms with E-state index in [0.717, 1.165) is 9.86 Å². The maximum absolute atomic E-state index is 11.7. The summed E-state index contributed by atoms with van der Waals surface area (Å²) < 4.78 is 10.6. The number of hydrogen-bond donors (Lipinski definition) is 1. The monoisotopic (exact) mass is 311 g/mol. The average Bonchev–Trinajstić information content (AvgIpc) is 2.29. The van der Waals surface area contributed by atoms with Gasteiger partial charge in [0, 0.05) is 21.8 Å². The molecule has 0 spiro atoms. The van der Waals surface area contributed by atoms with E-state index in [1.165, 1.54) is 0 Å². The lowest BCUT2D eigenvalue weighted by molar-refractivity contribution is 0.158. The van der Waals surface area contributed by atoms with Crippen molar-refractivity contribution in [1.29, 1.82) is 0 Å². The zero-order chi connectivity index (χ0) is 13.1. The van der Waals surface area contributed by atoms with E-state index in [9.17, 15) is 9.59 Å². The predicted molar refractivity (Wildman–Crippen MR) is 69.4 cm³/mol. The summed E-state index contributed by atoms with van der Waals surface area (Å²) >= 11 is 3.30. The summed E-state index contributed by atoms with van der Waals surface area (Å²) in [4.78, 5) is 22.1. The maximum atomic E-state index is 11.7. The van der Waals surface area contributed by atoms with Gasteiger partial charge in [-0.15, -0.1) is 0 Å². The Balaban J connectivity index is 2.29. The fourth-order valence-corrected chi connectivity index (χ4v) is 1.90. The van der Waals surface area contributed by atoms with Crippen molar-refractivity contribution in [2.45, 2.75) is 6.42 Å². The van der Waals surface area contributed by atoms with Gasteiger partial charge in [0.05, 0.1) is 6.61 Å². The van der Waals surface area contributed by atoms with Crippen molar-refractivity contribution in [1.82, 2.24) is 0 Å². The summed E-state index contributed by atoms with van der Waals surface area (Å²) in [5, 5.41) is 0.812. The van der Waals surface area contributed by atoms with Gasteiger partial charge in [0.15, 0.2) is 0 Å². The summed E-state index contributed by atoms with van der Waals surface area (Å²) in [5.74, 6) is 0. The molecule has 1 amide bonds. The Morgan fingerprint density at radius 2 is 2.17 bits per heavy atom. The van der Waals surface area contributed by atoms with Crippen LogP contribution in [0.25, 0.3) is 11.0 Å². The fraction of sp³-hybridized carbons (Fsp3) is 0.167. The first-order valence-electron chi connectivity index (χ1n) is 5.21. The Labute approximate surface area is 111 Å². The Morgan fingerprint density at radius 3 is 2.89 bits per heavy atom. The number of ether oxygens (including phenoxy) is 1. The third-order valence-corrected chi connectivity index (χ3v) is 2.88. The smallest absolute Gasteiger partial charge is 0.404 e. The molecule has 5 nitrogen and oxygen atoms in total. The molecule has 0 radical (unpaired) electrons. The van der Waals surface area contributed by atoms with E-state index >= 15 is 0 Å². The van der Waals surface area contributed by atoms with E-state index in [1.807, 2.05) is 12.1 Å². The van der Waals surface area contributed by atoms with Crippen LogP contribution in [0.15, 0.2) is 37.9 Å². The SMILES string of the molecule is NC(=O)OCCc1cc2ccc(Br)cc2oc1=O. The van der Waals surface area contributed by atoms with Crippen molar-refractivity contribution < 1.29 is 13.9 Å². The molecule has 94 valence electrons. The third-order valence-electron chi connectivity index (χ3n) is 2.39. The zero-order valence-electron chi connectivity index (χ0n) is 9.31. The van der Waals surface area contributed by atoms with Gasteiger partial charge in [0.2, 0.25) is 0 Å². The number of carbonyl (C=O) groups is 1. The van der Waals surface area contributed by atoms with Crippen LogP contribution in [0.5, 0.6) is 0 Å². The Bertz CT molecular complexity index is 650. The number of fused-ring (bicyclic) bond motifs is 1. The number of nitrogens with two attached hydrogens (primary N) is 1. The van der Waals surface area contributed by atoms with E-state index in [4.69, 9.17) is 10.2 Å². The molecule has 2 aromatic rings. The van der Waals surface area contributed by atoms with E-state index in [2.05, 4.69) is 20.7 Å². The third kappa shape index (κ3) is 2.89. The minimum atomic E-state index is -0.857. The summed E-state index contributed by atoms with van der Waals surface area (Å²) in [6, 6.07) is 7.13. The first kappa shape index (κ1) is 12.6. The van der Waals surface area contributed by atoms with Crippen LogP contribution in [0.3, 0.4) is 0 Å². The molecule has 2 N–H and O–H groups in total. The molecule has 0 aliphatic heterocycles. The second kappa shape index (κ2) is 5.22. The number of rotatable bonds is 3. The van der Waals surface area contributed by atoms with E-state index in [1.54, 1.807) is 12.1 Å². The van der Waals surface area contributed by atoms with Crippen molar-refractivity contribution >= 4 is 33.0 Å². The molecule has 0 fully saturated rings. The summed E-state index contributed by atoms with van der Waals surface area (Å²) in [6.45, 7) is 0.0577. The van der Waals surface area contributed by atoms with Crippen LogP contribution in [-0.4, -0.2) is 12.7 Å². The molecule has 18 heavy (non-hydrogen) atoms. The molecule has 0 unspecified atom stereocenters. The van der Waals surface area contributed by atoms with Crippen molar-refractivity contribution in [3.8, 4) is 0 Å². The number of amides is 1. The van der Waals surface area contributed by atoms with Gasteiger partial charge < -0.3 is 14.9 Å². The highest BCUT2D eigenvalue weighted by atomic mass is 79.9. The van der Waals surface area contributed by atoms with Gasteiger partial charge >= 0.3 is 11.7 Å². The van der Waals surface area contributed by atoms with Gasteiger partial charge in [0.1, 0.15) is 5.58 Å². The first-order valence-corrected chi connectivity index (χ1v) is 6.00. The molecule has 0 atom stereocenters. The lowest BCUT2D eigenvalue weighted by Gasteiger charge is -2.03. The maximum Gasteiger partial charge on any atom is 0.404 e. The van der Waals surface area contributed by atoms with E-state index < -0.39 is 11.7 Å². The molecule has 0 saturated carbocycles. The van der Waals surface area contributed by atoms with Crippen LogP contribution in [0, 0.1) is 0 Å². The Morgan fingerprint density at radius 1 is 1.39 bits per heavy atom. The Kier molecular flexibility index (Phi) is 3.66. The summed E-state index contributed by atoms with van der Waals surface area (Å²) in [7, 11) is 0. The lowest BCUT2D eigenvalue weighted by atomic mass is 10.1. The van der Waals surface area contributed by atoms with E-state index in [0.29, 0.717) is 11.1 Å². The van der Waals surface area contributed by atoms with Crippen LogP contribution < -0.4 is 11.4 Å². The molecule has 6 heteroatoms. The van der Waals surface area contributed by atoms with Crippen LogP contribution >= 0.6 is 15.9 Å². The Hall–Kier alpha value is -1.82. The minimum Gasteiger partial charge on any atom is -0.449 e. The standard InChI is InChI=1S/C12H10BrNO4/c13-9-2-1-7-5-8(3-4-17-12(14)16)11(15)18-10(7)6-9/h1-2,5-6H,3-4H2,(H2,14,16). The van der Waals surface area contributed by atoms with Gasteiger partial charge in [-0.2, -0.15) is 0 Å². The highest BCUT2D eigenvalue weighted by Gasteiger charge is 2.06. The molecular formula is C12H10BrNO4. The normalized spacial score (nSPS) is 10.5. The van der Waals surface area contributed by atoms with Crippen molar-refractivity contribution in [2.75, 3.05) is 6.61 Å². The van der Waals surface area contributed by atoms with Gasteiger partial charge in [-0.1, -0.05) is 22.0 Å². The summed E-state index contributed by atoms with van der Waals surface area (Å²) in [6.07, 6.45) is -0.582. The van der Waals surface area contributed by atoms with Crippen LogP contribution in [-0.2, 0) is 11.2 Å². The molecule has 0 bridgehead atoms. The van der Waals surface area contributed by atoms with Crippen LogP contribution in [0.2, 0.25) is 0 Å². The van der Waals surface area contributed by atoms with Crippen molar-refractivity contribution in [3.05, 3.63) is 44.7 Å². The van der Waals surface area contributed by atoms with Crippen LogP contribution in [0.1, 0.15) is 5.56 Å². The quantitative estimate of drug-likeness (QED) is 0.881. The molecular weight excluding hydrogens is 302 g/mol. The molecule has 0 saturated heterocycles. The number of primary amides is 1. The second-order valence-electron chi connectivity index (χ2n) is 3.66. The summed E-state index contributed by atoms with van der Waals surface area (Å²) in [5.41, 5.74) is 5.36. The molecule has 2 rings (SSSR count). The molecule has 1 aromatic heterocycles. The number of benzene rings is 1. The van der Waals surface area contributed by atoms with Crippen molar-refractivity contribution in [3.63, 3.8) is 0 Å². The fourth-order valence-electron chi connectivity index (χ4n) is 1.56. The number of halogens is 1. The van der Waals surface area contributed by atoms with Crippen molar-refractivity contribution in [2.24, 2.45) is 5.73 Å². The molecule has 0 aliphatic rings. The predicted octanol–water partition coefficient (Wildman–Crippen LogP) is 2.19. The first-order chi connectivity index (χ1) is 8.56. The molecule has 0 aliphatic carbocycles. The number of hydrogen-bond acceptors (Lipinski definition) is 4.